The summed E-state index contributed by atoms with van der Waals surface area (Å²) >= 11 is 0. The fourth-order valence-corrected chi connectivity index (χ4v) is 11.7. The Morgan fingerprint density at radius 2 is 1.56 bits per heavy atom. The molecule has 5 rings (SSSR count). The van der Waals surface area contributed by atoms with Crippen molar-refractivity contribution in [3.63, 3.8) is 0 Å². The van der Waals surface area contributed by atoms with Crippen molar-refractivity contribution in [1.82, 2.24) is 0 Å². The Morgan fingerprint density at radius 1 is 0.853 bits per heavy atom. The number of carbonyl (C=O) groups excluding carboxylic acids is 1. The third kappa shape index (κ3) is 2.81. The first-order valence-corrected chi connectivity index (χ1v) is 14.2. The van der Waals surface area contributed by atoms with Gasteiger partial charge < -0.3 is 15.0 Å². The summed E-state index contributed by atoms with van der Waals surface area (Å²) in [5.41, 5.74) is -0.155. The smallest absolute Gasteiger partial charge is 0.309 e. The lowest BCUT2D eigenvalue weighted by molar-refractivity contribution is -0.249. The molecule has 11 atom stereocenters. The average molecular weight is 473 g/mol. The third-order valence-corrected chi connectivity index (χ3v) is 13.8. The van der Waals surface area contributed by atoms with Gasteiger partial charge in [0.05, 0.1) is 11.5 Å². The molecule has 0 aliphatic heterocycles. The van der Waals surface area contributed by atoms with Crippen molar-refractivity contribution in [3.05, 3.63) is 0 Å². The molecule has 5 fully saturated rings. The Balaban J connectivity index is 1.56. The molecule has 192 valence electrons. The molecule has 5 saturated carbocycles. The molecule has 0 radical (unpaired) electrons. The summed E-state index contributed by atoms with van der Waals surface area (Å²) in [4.78, 5) is 24.7. The second-order valence-electron chi connectivity index (χ2n) is 14.7. The van der Waals surface area contributed by atoms with E-state index in [1.54, 1.807) is 0 Å². The normalized spacial score (nSPS) is 54.7. The highest BCUT2D eigenvalue weighted by Gasteiger charge is 2.72. The number of carboxylic acids is 1. The summed E-state index contributed by atoms with van der Waals surface area (Å²) in [5.74, 6) is 1.20. The number of hydrogen-bond donors (Lipinski definition) is 2. The fourth-order valence-electron chi connectivity index (χ4n) is 11.7. The zero-order valence-electron chi connectivity index (χ0n) is 22.4. The second kappa shape index (κ2) is 7.56. The van der Waals surface area contributed by atoms with Crippen molar-refractivity contribution in [2.45, 2.75) is 112 Å². The molecule has 0 aromatic heterocycles. The lowest BCUT2D eigenvalue weighted by atomic mass is 9.32. The summed E-state index contributed by atoms with van der Waals surface area (Å²) in [5, 5.41) is 21.4. The van der Waals surface area contributed by atoms with Crippen LogP contribution in [0.3, 0.4) is 0 Å². The van der Waals surface area contributed by atoms with Gasteiger partial charge in [0.15, 0.2) is 0 Å². The van der Waals surface area contributed by atoms with Gasteiger partial charge >= 0.3 is 5.97 Å². The van der Waals surface area contributed by atoms with E-state index >= 15 is 0 Å². The van der Waals surface area contributed by atoms with Crippen LogP contribution >= 0.6 is 0 Å². The van der Waals surface area contributed by atoms with Crippen LogP contribution in [0.1, 0.15) is 106 Å². The van der Waals surface area contributed by atoms with E-state index in [0.717, 1.165) is 51.2 Å². The molecule has 0 bridgehead atoms. The first kappa shape index (κ1) is 24.8. The SMILES string of the molecule is C[C@@H](C=O)[C@@H]1CC[C@]2(C(=O)O)CC[C@]3(C)[C@H](CC[C@@H]4[C@@]5(C)CCC(O)C(C)(C)[C@@H]5CC[C@]43C)[C@@H]12. The van der Waals surface area contributed by atoms with Crippen molar-refractivity contribution in [2.24, 2.45) is 62.6 Å². The van der Waals surface area contributed by atoms with Crippen molar-refractivity contribution in [1.29, 1.82) is 0 Å². The summed E-state index contributed by atoms with van der Waals surface area (Å²) in [6.07, 6.45) is 10.9. The van der Waals surface area contributed by atoms with Crippen molar-refractivity contribution in [3.8, 4) is 0 Å². The van der Waals surface area contributed by atoms with Gasteiger partial charge in [0.1, 0.15) is 6.29 Å². The number of fused-ring (bicyclic) bond motifs is 7. The minimum absolute atomic E-state index is 0.0486. The number of aldehydes is 1. The molecule has 5 aliphatic rings. The number of aliphatic hydroxyl groups excluding tert-OH is 1. The largest absolute Gasteiger partial charge is 0.481 e. The standard InChI is InChI=1S/C30H48O4/c1-18(17-31)19-9-14-30(25(33)34)16-15-28(5)20(24(19)30)7-8-22-27(4)12-11-23(32)26(2,3)21(27)10-13-29(22,28)6/h17-24,32H,7-16H2,1-6H3,(H,33,34)/t18-,19-,20+,21-,22+,23?,24+,27-,28+,29+,30-/m0/s1. The Labute approximate surface area is 206 Å². The maximum atomic E-state index is 12.8. The van der Waals surface area contributed by atoms with Gasteiger partial charge in [0, 0.05) is 5.92 Å². The van der Waals surface area contributed by atoms with Crippen LogP contribution in [-0.2, 0) is 9.59 Å². The van der Waals surface area contributed by atoms with Crippen molar-refractivity contribution in [2.75, 3.05) is 0 Å². The molecule has 0 heterocycles. The lowest BCUT2D eigenvalue weighted by Gasteiger charge is -2.72. The molecule has 1 unspecified atom stereocenters. The van der Waals surface area contributed by atoms with Crippen LogP contribution < -0.4 is 0 Å². The van der Waals surface area contributed by atoms with Gasteiger partial charge in [0.25, 0.3) is 0 Å². The van der Waals surface area contributed by atoms with Gasteiger partial charge in [-0.1, -0.05) is 41.5 Å². The molecular formula is C30H48O4. The lowest BCUT2D eigenvalue weighted by Crippen LogP contribution is -2.67. The topological polar surface area (TPSA) is 74.6 Å². The minimum Gasteiger partial charge on any atom is -0.481 e. The van der Waals surface area contributed by atoms with Crippen molar-refractivity contribution < 1.29 is 19.8 Å². The van der Waals surface area contributed by atoms with Crippen LogP contribution in [0.25, 0.3) is 0 Å². The van der Waals surface area contributed by atoms with Crippen LogP contribution in [0.15, 0.2) is 0 Å². The summed E-state index contributed by atoms with van der Waals surface area (Å²) in [7, 11) is 0. The monoisotopic (exact) mass is 472 g/mol. The number of hydrogen-bond acceptors (Lipinski definition) is 3. The van der Waals surface area contributed by atoms with E-state index in [1.807, 2.05) is 6.92 Å². The van der Waals surface area contributed by atoms with Gasteiger partial charge in [-0.05, 0) is 115 Å². The fraction of sp³-hybridized carbons (Fsp3) is 0.933. The number of aliphatic hydroxyl groups is 1. The second-order valence-corrected chi connectivity index (χ2v) is 14.7. The average Bonchev–Trinajstić information content (AvgIpc) is 3.18. The molecule has 34 heavy (non-hydrogen) atoms. The van der Waals surface area contributed by atoms with Crippen LogP contribution in [-0.4, -0.2) is 28.6 Å². The molecule has 4 nitrogen and oxygen atoms in total. The highest BCUT2D eigenvalue weighted by molar-refractivity contribution is 5.76. The third-order valence-electron chi connectivity index (χ3n) is 13.8. The first-order chi connectivity index (χ1) is 15.8. The van der Waals surface area contributed by atoms with Gasteiger partial charge in [-0.25, -0.2) is 0 Å². The molecular weight excluding hydrogens is 424 g/mol. The van der Waals surface area contributed by atoms with E-state index in [4.69, 9.17) is 0 Å². The molecule has 0 amide bonds. The number of carboxylic acid groups (broad SMARTS) is 1. The van der Waals surface area contributed by atoms with Gasteiger partial charge in [-0.2, -0.15) is 0 Å². The van der Waals surface area contributed by atoms with Crippen LogP contribution in [0.2, 0.25) is 0 Å². The Morgan fingerprint density at radius 3 is 2.21 bits per heavy atom. The summed E-state index contributed by atoms with van der Waals surface area (Å²) < 4.78 is 0. The minimum atomic E-state index is -0.632. The molecule has 5 aliphatic carbocycles. The highest BCUT2D eigenvalue weighted by atomic mass is 16.4. The summed E-state index contributed by atoms with van der Waals surface area (Å²) in [6.45, 7) is 14.2. The molecule has 4 heteroatoms. The quantitative estimate of drug-likeness (QED) is 0.469. The Bertz CT molecular complexity index is 866. The van der Waals surface area contributed by atoms with E-state index in [1.165, 1.54) is 19.3 Å². The molecule has 0 aromatic rings. The maximum absolute atomic E-state index is 12.8. The van der Waals surface area contributed by atoms with Crippen LogP contribution in [0.4, 0.5) is 0 Å². The van der Waals surface area contributed by atoms with Crippen LogP contribution in [0.5, 0.6) is 0 Å². The van der Waals surface area contributed by atoms with Gasteiger partial charge in [-0.3, -0.25) is 4.79 Å². The van der Waals surface area contributed by atoms with E-state index in [-0.39, 0.29) is 45.5 Å². The highest BCUT2D eigenvalue weighted by Crippen LogP contribution is 2.77. The zero-order chi connectivity index (χ0) is 24.9. The molecule has 0 aromatic carbocycles. The van der Waals surface area contributed by atoms with Gasteiger partial charge in [0.2, 0.25) is 0 Å². The number of aliphatic carboxylic acids is 1. The first-order valence-electron chi connectivity index (χ1n) is 14.2. The van der Waals surface area contributed by atoms with Crippen molar-refractivity contribution >= 4 is 12.3 Å². The Kier molecular flexibility index (Phi) is 5.51. The molecule has 0 spiro atoms. The van der Waals surface area contributed by atoms with Gasteiger partial charge in [-0.15, -0.1) is 0 Å². The summed E-state index contributed by atoms with van der Waals surface area (Å²) in [6, 6.07) is 0. The number of rotatable bonds is 3. The van der Waals surface area contributed by atoms with E-state index in [2.05, 4.69) is 34.6 Å². The zero-order valence-corrected chi connectivity index (χ0v) is 22.4. The van der Waals surface area contributed by atoms with E-state index < -0.39 is 11.4 Å². The maximum Gasteiger partial charge on any atom is 0.309 e. The number of carbonyl (C=O) groups is 2. The van der Waals surface area contributed by atoms with E-state index in [0.29, 0.717) is 17.8 Å². The Hall–Kier alpha value is -0.900. The van der Waals surface area contributed by atoms with Crippen LogP contribution in [0, 0.1) is 62.6 Å². The molecule has 2 N–H and O–H groups in total. The predicted octanol–water partition coefficient (Wildman–Crippen LogP) is 6.35. The van der Waals surface area contributed by atoms with E-state index in [9.17, 15) is 19.8 Å². The molecule has 0 saturated heterocycles. The predicted molar refractivity (Wildman–Crippen MR) is 133 cm³/mol.